The molecule has 0 radical (unpaired) electrons. The summed E-state index contributed by atoms with van der Waals surface area (Å²) in [5.41, 5.74) is 0.369. The van der Waals surface area contributed by atoms with Crippen LogP contribution in [0.5, 0.6) is 0 Å². The minimum Gasteiger partial charge on any atom is -0.324 e. The molecule has 0 fully saturated rings. The summed E-state index contributed by atoms with van der Waals surface area (Å²) in [6, 6.07) is 16.3. The molecule has 3 aromatic rings. The van der Waals surface area contributed by atoms with E-state index in [0.717, 1.165) is 10.6 Å². The van der Waals surface area contributed by atoms with Crippen LogP contribution < -0.4 is 27.2 Å². The molecule has 4 N–H and O–H groups in total. The summed E-state index contributed by atoms with van der Waals surface area (Å²) < 4.78 is 1.08. The van der Waals surface area contributed by atoms with E-state index in [4.69, 9.17) is 0 Å². The van der Waals surface area contributed by atoms with Gasteiger partial charge in [0.05, 0.1) is 0 Å². The Morgan fingerprint density at radius 1 is 0.821 bits per heavy atom. The number of benzene rings is 2. The van der Waals surface area contributed by atoms with E-state index in [1.165, 1.54) is 6.20 Å². The van der Waals surface area contributed by atoms with Crippen molar-refractivity contribution < 1.29 is 9.59 Å². The van der Waals surface area contributed by atoms with E-state index in [0.29, 0.717) is 17.1 Å². The summed E-state index contributed by atoms with van der Waals surface area (Å²) in [6.07, 6.45) is 1.24. The van der Waals surface area contributed by atoms with Gasteiger partial charge in [0.15, 0.2) is 0 Å². The number of carbonyl (C=O) groups excluding carboxylic acids is 2. The topological polar surface area (TPSA) is 125 Å². The average molecular weight is 379 g/mol. The van der Waals surface area contributed by atoms with Crippen molar-refractivity contribution in [1.82, 2.24) is 9.55 Å². The molecule has 3 rings (SSSR count). The molecule has 0 aliphatic heterocycles. The highest BCUT2D eigenvalue weighted by atomic mass is 16.2. The molecule has 0 aliphatic carbocycles. The van der Waals surface area contributed by atoms with Crippen LogP contribution in [0.1, 0.15) is 0 Å². The number of aromatic amines is 1. The average Bonchev–Trinajstić information content (AvgIpc) is 2.65. The van der Waals surface area contributed by atoms with E-state index in [-0.39, 0.29) is 6.54 Å². The molecule has 0 unspecified atom stereocenters. The van der Waals surface area contributed by atoms with Crippen molar-refractivity contribution in [1.29, 1.82) is 0 Å². The highest BCUT2D eigenvalue weighted by Gasteiger charge is 2.07. The predicted molar refractivity (Wildman–Crippen MR) is 105 cm³/mol. The molecule has 2 aromatic carbocycles. The number of carbonyl (C=O) groups is 2. The minimum absolute atomic E-state index is 0.262. The summed E-state index contributed by atoms with van der Waals surface area (Å²) in [7, 11) is 0. The SMILES string of the molecule is O=C(Cn1ccc(=O)[nH]c1=O)Nc1cccc(NC(=O)Nc2ccccc2)c1. The number of anilines is 3. The number of urea groups is 1. The van der Waals surface area contributed by atoms with Gasteiger partial charge in [-0.05, 0) is 30.3 Å². The largest absolute Gasteiger partial charge is 0.328 e. The van der Waals surface area contributed by atoms with E-state index in [2.05, 4.69) is 20.9 Å². The molecule has 3 amide bonds. The van der Waals surface area contributed by atoms with Crippen LogP contribution in [-0.2, 0) is 11.3 Å². The molecule has 0 saturated heterocycles. The first-order valence-corrected chi connectivity index (χ1v) is 8.32. The van der Waals surface area contributed by atoms with Crippen molar-refractivity contribution >= 4 is 29.0 Å². The zero-order valence-corrected chi connectivity index (χ0v) is 14.6. The van der Waals surface area contributed by atoms with Crippen molar-refractivity contribution in [2.24, 2.45) is 0 Å². The third kappa shape index (κ3) is 5.18. The first-order valence-electron chi connectivity index (χ1n) is 8.32. The molecular weight excluding hydrogens is 362 g/mol. The van der Waals surface area contributed by atoms with Gasteiger partial charge in [0.2, 0.25) is 5.91 Å². The van der Waals surface area contributed by atoms with Gasteiger partial charge in [-0.3, -0.25) is 19.1 Å². The van der Waals surface area contributed by atoms with Crippen LogP contribution >= 0.6 is 0 Å². The molecule has 0 aliphatic rings. The lowest BCUT2D eigenvalue weighted by Gasteiger charge is -2.10. The van der Waals surface area contributed by atoms with Crippen LogP contribution in [0.3, 0.4) is 0 Å². The third-order valence-electron chi connectivity index (χ3n) is 3.65. The molecule has 142 valence electrons. The molecule has 0 bridgehead atoms. The molecule has 0 spiro atoms. The van der Waals surface area contributed by atoms with Gasteiger partial charge >= 0.3 is 11.7 Å². The van der Waals surface area contributed by atoms with Gasteiger partial charge in [0.25, 0.3) is 5.56 Å². The molecular formula is C19H17N5O4. The fourth-order valence-corrected chi connectivity index (χ4v) is 2.41. The fourth-order valence-electron chi connectivity index (χ4n) is 2.41. The standard InChI is InChI=1S/C19H17N5O4/c25-16-9-10-24(19(28)23-16)12-17(26)20-14-7-4-8-15(11-14)22-18(27)21-13-5-2-1-3-6-13/h1-11H,12H2,(H,20,26)(H2,21,22,27)(H,23,25,28). The lowest BCUT2D eigenvalue weighted by atomic mass is 10.2. The Labute approximate surface area is 159 Å². The van der Waals surface area contributed by atoms with Gasteiger partial charge in [-0.1, -0.05) is 24.3 Å². The smallest absolute Gasteiger partial charge is 0.324 e. The molecule has 28 heavy (non-hydrogen) atoms. The van der Waals surface area contributed by atoms with E-state index >= 15 is 0 Å². The molecule has 9 nitrogen and oxygen atoms in total. The maximum absolute atomic E-state index is 12.1. The first-order chi connectivity index (χ1) is 13.5. The molecule has 1 aromatic heterocycles. The lowest BCUT2D eigenvalue weighted by Crippen LogP contribution is -2.32. The number of nitrogens with zero attached hydrogens (tertiary/aromatic N) is 1. The number of H-pyrrole nitrogens is 1. The van der Waals surface area contributed by atoms with Gasteiger partial charge < -0.3 is 16.0 Å². The van der Waals surface area contributed by atoms with E-state index in [1.54, 1.807) is 48.5 Å². The summed E-state index contributed by atoms with van der Waals surface area (Å²) in [5, 5.41) is 8.00. The highest BCUT2D eigenvalue weighted by Crippen LogP contribution is 2.16. The Balaban J connectivity index is 1.61. The molecule has 0 saturated carbocycles. The van der Waals surface area contributed by atoms with Gasteiger partial charge in [0, 0.05) is 29.3 Å². The van der Waals surface area contributed by atoms with Crippen molar-refractivity contribution in [3.8, 4) is 0 Å². The number of aromatic nitrogens is 2. The molecule has 1 heterocycles. The Morgan fingerprint density at radius 3 is 2.18 bits per heavy atom. The van der Waals surface area contributed by atoms with Gasteiger partial charge in [0.1, 0.15) is 6.54 Å². The normalized spacial score (nSPS) is 10.1. The van der Waals surface area contributed by atoms with Crippen LogP contribution in [0.2, 0.25) is 0 Å². The lowest BCUT2D eigenvalue weighted by molar-refractivity contribution is -0.116. The minimum atomic E-state index is -0.671. The number of rotatable bonds is 5. The number of hydrogen-bond donors (Lipinski definition) is 4. The number of hydrogen-bond acceptors (Lipinski definition) is 4. The van der Waals surface area contributed by atoms with E-state index in [1.807, 2.05) is 6.07 Å². The first kappa shape index (κ1) is 18.6. The van der Waals surface area contributed by atoms with Gasteiger partial charge in [-0.25, -0.2) is 9.59 Å². The van der Waals surface area contributed by atoms with Crippen LogP contribution in [0, 0.1) is 0 Å². The van der Waals surface area contributed by atoms with Crippen LogP contribution in [0.15, 0.2) is 76.4 Å². The molecule has 0 atom stereocenters. The van der Waals surface area contributed by atoms with Crippen LogP contribution in [0.4, 0.5) is 21.9 Å². The van der Waals surface area contributed by atoms with Crippen LogP contribution in [-0.4, -0.2) is 21.5 Å². The molecule has 9 heteroatoms. The van der Waals surface area contributed by atoms with Gasteiger partial charge in [-0.2, -0.15) is 0 Å². The Morgan fingerprint density at radius 2 is 1.46 bits per heavy atom. The summed E-state index contributed by atoms with van der Waals surface area (Å²) in [4.78, 5) is 48.9. The number of nitrogens with one attached hydrogen (secondary N) is 4. The second-order valence-corrected chi connectivity index (χ2v) is 5.81. The summed E-state index contributed by atoms with van der Waals surface area (Å²) in [5.74, 6) is -0.458. The third-order valence-corrected chi connectivity index (χ3v) is 3.65. The quantitative estimate of drug-likeness (QED) is 0.539. The summed E-state index contributed by atoms with van der Waals surface area (Å²) >= 11 is 0. The second kappa shape index (κ2) is 8.49. The monoisotopic (exact) mass is 379 g/mol. The highest BCUT2D eigenvalue weighted by molar-refractivity contribution is 6.00. The predicted octanol–water partition coefficient (Wildman–Crippen LogP) is 1.82. The Bertz CT molecular complexity index is 1100. The Hall–Kier alpha value is -4.14. The Kier molecular flexibility index (Phi) is 5.66. The zero-order chi connectivity index (χ0) is 19.9. The maximum atomic E-state index is 12.1. The zero-order valence-electron chi connectivity index (χ0n) is 14.6. The van der Waals surface area contributed by atoms with Crippen molar-refractivity contribution in [2.75, 3.05) is 16.0 Å². The van der Waals surface area contributed by atoms with Crippen molar-refractivity contribution in [3.63, 3.8) is 0 Å². The fraction of sp³-hybridized carbons (Fsp3) is 0.0526. The van der Waals surface area contributed by atoms with Gasteiger partial charge in [-0.15, -0.1) is 0 Å². The van der Waals surface area contributed by atoms with E-state index in [9.17, 15) is 19.2 Å². The maximum Gasteiger partial charge on any atom is 0.328 e. The van der Waals surface area contributed by atoms with Crippen molar-refractivity contribution in [3.05, 3.63) is 87.7 Å². The summed E-state index contributed by atoms with van der Waals surface area (Å²) in [6.45, 7) is -0.262. The van der Waals surface area contributed by atoms with Crippen LogP contribution in [0.25, 0.3) is 0 Å². The van der Waals surface area contributed by atoms with Crippen molar-refractivity contribution in [2.45, 2.75) is 6.54 Å². The number of para-hydroxylation sites is 1. The number of amides is 3. The second-order valence-electron chi connectivity index (χ2n) is 5.81. The van der Waals surface area contributed by atoms with E-state index < -0.39 is 23.2 Å².